The highest BCUT2D eigenvalue weighted by molar-refractivity contribution is 6.31. The van der Waals surface area contributed by atoms with Crippen molar-refractivity contribution < 1.29 is 4.39 Å². The molecule has 1 heterocycles. The van der Waals surface area contributed by atoms with Crippen LogP contribution in [-0.4, -0.2) is 15.6 Å². The number of nitrogens with one attached hydrogen (secondary N) is 1. The lowest BCUT2D eigenvalue weighted by molar-refractivity contribution is 0.240. The molecule has 0 saturated carbocycles. The fraction of sp³-hybridized carbons (Fsp3) is 0.438. The second-order valence-corrected chi connectivity index (χ2v) is 6.70. The molecule has 1 atom stereocenters. The van der Waals surface area contributed by atoms with Gasteiger partial charge in [0.05, 0.1) is 6.33 Å². The summed E-state index contributed by atoms with van der Waals surface area (Å²) in [5.41, 5.74) is 0.981. The summed E-state index contributed by atoms with van der Waals surface area (Å²) in [7, 11) is 0. The molecule has 114 valence electrons. The van der Waals surface area contributed by atoms with Crippen molar-refractivity contribution in [3.63, 3.8) is 0 Å². The maximum atomic E-state index is 13.1. The van der Waals surface area contributed by atoms with Gasteiger partial charge in [-0.25, -0.2) is 9.37 Å². The number of benzene rings is 1. The molecule has 1 N–H and O–H groups in total. The first kappa shape index (κ1) is 16.0. The van der Waals surface area contributed by atoms with Crippen molar-refractivity contribution >= 4 is 11.6 Å². The van der Waals surface area contributed by atoms with Gasteiger partial charge in [0.15, 0.2) is 0 Å². The summed E-state index contributed by atoms with van der Waals surface area (Å²) in [6.07, 6.45) is 5.53. The Morgan fingerprint density at radius 3 is 2.71 bits per heavy atom. The molecule has 0 aliphatic heterocycles. The van der Waals surface area contributed by atoms with E-state index in [0.717, 1.165) is 12.1 Å². The predicted octanol–water partition coefficient (Wildman–Crippen LogP) is 3.88. The topological polar surface area (TPSA) is 29.9 Å². The largest absolute Gasteiger partial charge is 0.336 e. The van der Waals surface area contributed by atoms with Gasteiger partial charge in [-0.15, -0.1) is 0 Å². The monoisotopic (exact) mass is 309 g/mol. The lowest BCUT2D eigenvalue weighted by Gasteiger charge is -2.32. The van der Waals surface area contributed by atoms with Crippen molar-refractivity contribution in [1.82, 2.24) is 14.9 Å². The Kier molecular flexibility index (Phi) is 5.01. The molecule has 0 aliphatic carbocycles. The third kappa shape index (κ3) is 4.55. The van der Waals surface area contributed by atoms with Crippen LogP contribution in [0.1, 0.15) is 26.3 Å². The average molecular weight is 310 g/mol. The molecule has 0 radical (unpaired) electrons. The minimum atomic E-state index is -0.311. The van der Waals surface area contributed by atoms with Gasteiger partial charge in [0, 0.05) is 36.5 Å². The molecule has 1 aromatic heterocycles. The molecule has 3 nitrogen and oxygen atoms in total. The Balaban J connectivity index is 2.05. The second kappa shape index (κ2) is 6.58. The van der Waals surface area contributed by atoms with Gasteiger partial charge in [-0.1, -0.05) is 38.4 Å². The molecule has 21 heavy (non-hydrogen) atoms. The van der Waals surface area contributed by atoms with Crippen LogP contribution in [0.25, 0.3) is 0 Å². The maximum absolute atomic E-state index is 13.1. The third-order valence-electron chi connectivity index (χ3n) is 3.55. The van der Waals surface area contributed by atoms with Crippen molar-refractivity contribution in [3.8, 4) is 0 Å². The number of nitrogens with zero attached hydrogens (tertiary/aromatic N) is 2. The Bertz CT molecular complexity index is 576. The predicted molar refractivity (Wildman–Crippen MR) is 83.7 cm³/mol. The van der Waals surface area contributed by atoms with E-state index < -0.39 is 0 Å². The molecule has 0 saturated heterocycles. The number of hydrogen-bond acceptors (Lipinski definition) is 2. The molecule has 0 aliphatic rings. The lowest BCUT2D eigenvalue weighted by Crippen LogP contribution is -2.43. The number of hydrogen-bond donors (Lipinski definition) is 1. The number of halogens is 2. The first-order valence-corrected chi connectivity index (χ1v) is 7.37. The molecule has 1 aromatic carbocycles. The van der Waals surface area contributed by atoms with E-state index in [4.69, 9.17) is 11.6 Å². The zero-order valence-electron chi connectivity index (χ0n) is 12.6. The van der Waals surface area contributed by atoms with Crippen LogP contribution in [0, 0.1) is 11.2 Å². The molecule has 2 rings (SSSR count). The van der Waals surface area contributed by atoms with Gasteiger partial charge in [-0.3, -0.25) is 0 Å². The SMILES string of the molecule is CC(C)(C)C(Cn1ccnc1)NCc1ccc(F)cc1Cl. The molecular weight excluding hydrogens is 289 g/mol. The fourth-order valence-electron chi connectivity index (χ4n) is 2.15. The van der Waals surface area contributed by atoms with E-state index in [1.807, 2.05) is 12.5 Å². The fourth-order valence-corrected chi connectivity index (χ4v) is 2.38. The van der Waals surface area contributed by atoms with Crippen molar-refractivity contribution in [2.75, 3.05) is 0 Å². The molecule has 5 heteroatoms. The van der Waals surface area contributed by atoms with E-state index in [1.165, 1.54) is 12.1 Å². The first-order chi connectivity index (χ1) is 9.86. The minimum absolute atomic E-state index is 0.0801. The highest BCUT2D eigenvalue weighted by atomic mass is 35.5. The highest BCUT2D eigenvalue weighted by Gasteiger charge is 2.24. The zero-order chi connectivity index (χ0) is 15.5. The van der Waals surface area contributed by atoms with Gasteiger partial charge in [-0.2, -0.15) is 0 Å². The summed E-state index contributed by atoms with van der Waals surface area (Å²) in [6.45, 7) is 7.99. The standard InChI is InChI=1S/C16H21ClFN3/c1-16(2,3)15(10-21-7-6-19-11-21)20-9-12-4-5-13(18)8-14(12)17/h4-8,11,15,20H,9-10H2,1-3H3. The maximum Gasteiger partial charge on any atom is 0.124 e. The van der Waals surface area contributed by atoms with E-state index >= 15 is 0 Å². The van der Waals surface area contributed by atoms with Crippen LogP contribution in [0.3, 0.4) is 0 Å². The van der Waals surface area contributed by atoms with E-state index in [0.29, 0.717) is 11.6 Å². The summed E-state index contributed by atoms with van der Waals surface area (Å²) >= 11 is 6.07. The average Bonchev–Trinajstić information content (AvgIpc) is 2.87. The lowest BCUT2D eigenvalue weighted by atomic mass is 9.86. The van der Waals surface area contributed by atoms with Crippen LogP contribution < -0.4 is 5.32 Å². The van der Waals surface area contributed by atoms with Gasteiger partial charge in [-0.05, 0) is 23.1 Å². The number of aromatic nitrogens is 2. The smallest absolute Gasteiger partial charge is 0.124 e. The summed E-state index contributed by atoms with van der Waals surface area (Å²) in [4.78, 5) is 4.07. The van der Waals surface area contributed by atoms with E-state index in [9.17, 15) is 4.39 Å². The summed E-state index contributed by atoms with van der Waals surface area (Å²) in [5, 5.41) is 3.98. The van der Waals surface area contributed by atoms with Crippen LogP contribution in [0.4, 0.5) is 4.39 Å². The highest BCUT2D eigenvalue weighted by Crippen LogP contribution is 2.23. The molecule has 2 aromatic rings. The van der Waals surface area contributed by atoms with Crippen LogP contribution in [0.5, 0.6) is 0 Å². The van der Waals surface area contributed by atoms with Crippen molar-refractivity contribution in [3.05, 3.63) is 53.3 Å². The molecule has 0 bridgehead atoms. The number of rotatable bonds is 5. The van der Waals surface area contributed by atoms with Gasteiger partial charge in [0.1, 0.15) is 5.82 Å². The van der Waals surface area contributed by atoms with Crippen molar-refractivity contribution in [1.29, 1.82) is 0 Å². The van der Waals surface area contributed by atoms with Crippen molar-refractivity contribution in [2.24, 2.45) is 5.41 Å². The Morgan fingerprint density at radius 1 is 1.38 bits per heavy atom. The van der Waals surface area contributed by atoms with Crippen LogP contribution >= 0.6 is 11.6 Å². The van der Waals surface area contributed by atoms with Gasteiger partial charge >= 0.3 is 0 Å². The zero-order valence-corrected chi connectivity index (χ0v) is 13.4. The van der Waals surface area contributed by atoms with Gasteiger partial charge in [0.25, 0.3) is 0 Å². The summed E-state index contributed by atoms with van der Waals surface area (Å²) < 4.78 is 15.1. The quantitative estimate of drug-likeness (QED) is 0.908. The Hall–Kier alpha value is -1.39. The molecule has 0 fully saturated rings. The van der Waals surface area contributed by atoms with Crippen LogP contribution in [0.2, 0.25) is 5.02 Å². The molecular formula is C16H21ClFN3. The molecule has 0 spiro atoms. The molecule has 0 amide bonds. The second-order valence-electron chi connectivity index (χ2n) is 6.29. The van der Waals surface area contributed by atoms with Crippen LogP contribution in [0.15, 0.2) is 36.9 Å². The van der Waals surface area contributed by atoms with Gasteiger partial charge in [0.2, 0.25) is 0 Å². The Morgan fingerprint density at radius 2 is 2.14 bits per heavy atom. The van der Waals surface area contributed by atoms with E-state index in [1.54, 1.807) is 12.3 Å². The van der Waals surface area contributed by atoms with E-state index in [-0.39, 0.29) is 17.3 Å². The summed E-state index contributed by atoms with van der Waals surface area (Å²) in [6, 6.07) is 4.75. The van der Waals surface area contributed by atoms with Gasteiger partial charge < -0.3 is 9.88 Å². The van der Waals surface area contributed by atoms with Crippen molar-refractivity contribution in [2.45, 2.75) is 39.9 Å². The number of imidazole rings is 1. The minimum Gasteiger partial charge on any atom is -0.336 e. The van der Waals surface area contributed by atoms with E-state index in [2.05, 4.69) is 35.6 Å². The normalized spacial score (nSPS) is 13.4. The summed E-state index contributed by atoms with van der Waals surface area (Å²) in [5.74, 6) is -0.311. The first-order valence-electron chi connectivity index (χ1n) is 6.99. The third-order valence-corrected chi connectivity index (χ3v) is 3.90. The Labute approximate surface area is 130 Å². The molecule has 1 unspecified atom stereocenters. The van der Waals surface area contributed by atoms with Crippen LogP contribution in [-0.2, 0) is 13.1 Å².